The van der Waals surface area contributed by atoms with Crippen molar-refractivity contribution < 1.29 is 0 Å². The molecule has 0 saturated heterocycles. The van der Waals surface area contributed by atoms with Crippen molar-refractivity contribution >= 4 is 18.5 Å². The van der Waals surface area contributed by atoms with Crippen LogP contribution in [-0.4, -0.2) is 7.38 Å². The van der Waals surface area contributed by atoms with Gasteiger partial charge in [-0.15, -0.1) is 0 Å². The van der Waals surface area contributed by atoms with E-state index in [9.17, 15) is 0 Å². The van der Waals surface area contributed by atoms with Gasteiger partial charge < -0.3 is 0 Å². The average molecular weight is 293 g/mol. The second kappa shape index (κ2) is 4.24. The van der Waals surface area contributed by atoms with Gasteiger partial charge in [-0.3, -0.25) is 0 Å². The zero-order valence-corrected chi connectivity index (χ0v) is 13.8. The van der Waals surface area contributed by atoms with Crippen molar-refractivity contribution in [1.29, 1.82) is 0 Å². The van der Waals surface area contributed by atoms with Gasteiger partial charge in [-0.25, -0.2) is 0 Å². The van der Waals surface area contributed by atoms with E-state index in [4.69, 9.17) is 11.1 Å². The van der Waals surface area contributed by atoms with Gasteiger partial charge in [-0.2, -0.15) is 11.1 Å². The highest BCUT2D eigenvalue weighted by molar-refractivity contribution is 7.22. The highest BCUT2D eigenvalue weighted by Crippen LogP contribution is 2.67. The fourth-order valence-electron chi connectivity index (χ4n) is 5.86. The minimum absolute atomic E-state index is 0.718. The predicted molar refractivity (Wildman–Crippen MR) is 84.9 cm³/mol. The summed E-state index contributed by atoms with van der Waals surface area (Å²) in [5, 5.41) is 0. The van der Waals surface area contributed by atoms with E-state index in [0.29, 0.717) is 0 Å². The Hall–Kier alpha value is -0.0131. The summed E-state index contributed by atoms with van der Waals surface area (Å²) in [5.41, 5.74) is 2.42. The first-order valence-electron chi connectivity index (χ1n) is 8.18. The van der Waals surface area contributed by atoms with Crippen molar-refractivity contribution in [2.45, 2.75) is 56.2 Å². The van der Waals surface area contributed by atoms with Crippen LogP contribution in [0.1, 0.15) is 39.5 Å². The SMILES string of the molecule is CC(C)[Si](Cl)(C1C2C=CC1CC2)C1C2C=CC1CC2. The van der Waals surface area contributed by atoms with Crippen LogP contribution in [0.5, 0.6) is 0 Å². The van der Waals surface area contributed by atoms with Gasteiger partial charge in [0.15, 0.2) is 7.38 Å². The molecule has 4 bridgehead atoms. The van der Waals surface area contributed by atoms with Gasteiger partial charge in [-0.1, -0.05) is 38.2 Å². The molecule has 0 spiro atoms. The summed E-state index contributed by atoms with van der Waals surface area (Å²) >= 11 is 7.61. The minimum Gasteiger partial charge on any atom is -0.166 e. The molecule has 2 saturated carbocycles. The summed E-state index contributed by atoms with van der Waals surface area (Å²) in [6.07, 6.45) is 15.7. The summed E-state index contributed by atoms with van der Waals surface area (Å²) in [4.78, 5) is 0. The third-order valence-electron chi connectivity index (χ3n) is 6.63. The average Bonchev–Trinajstić information content (AvgIpc) is 3.17. The molecule has 4 atom stereocenters. The number of halogens is 1. The monoisotopic (exact) mass is 292 g/mol. The molecule has 4 unspecified atom stereocenters. The molecular weight excluding hydrogens is 268 g/mol. The van der Waals surface area contributed by atoms with E-state index >= 15 is 0 Å². The summed E-state index contributed by atoms with van der Waals surface area (Å²) in [5.74, 6) is 3.32. The summed E-state index contributed by atoms with van der Waals surface area (Å²) in [6, 6.07) is 0. The van der Waals surface area contributed by atoms with Crippen LogP contribution in [-0.2, 0) is 0 Å². The molecular formula is C17H25ClSi. The van der Waals surface area contributed by atoms with Crippen LogP contribution < -0.4 is 0 Å². The van der Waals surface area contributed by atoms with E-state index in [1.54, 1.807) is 0 Å². The normalized spacial score (nSPS) is 49.5. The molecule has 4 rings (SSSR count). The minimum atomic E-state index is -1.74. The van der Waals surface area contributed by atoms with Crippen LogP contribution in [0.3, 0.4) is 0 Å². The van der Waals surface area contributed by atoms with Crippen molar-refractivity contribution in [2.75, 3.05) is 0 Å². The Kier molecular flexibility index (Phi) is 2.84. The van der Waals surface area contributed by atoms with Crippen molar-refractivity contribution in [3.63, 3.8) is 0 Å². The fourth-order valence-corrected chi connectivity index (χ4v) is 13.5. The molecule has 104 valence electrons. The van der Waals surface area contributed by atoms with Gasteiger partial charge in [0.05, 0.1) is 0 Å². The Labute approximate surface area is 123 Å². The molecule has 4 aliphatic carbocycles. The second-order valence-corrected chi connectivity index (χ2v) is 13.7. The lowest BCUT2D eigenvalue weighted by Gasteiger charge is -2.44. The second-order valence-electron chi connectivity index (χ2n) is 7.61. The van der Waals surface area contributed by atoms with E-state index in [1.807, 2.05) is 0 Å². The maximum absolute atomic E-state index is 7.61. The maximum Gasteiger partial charge on any atom is 0.167 e. The smallest absolute Gasteiger partial charge is 0.166 e. The van der Waals surface area contributed by atoms with E-state index in [-0.39, 0.29) is 0 Å². The highest BCUT2D eigenvalue weighted by Gasteiger charge is 2.61. The van der Waals surface area contributed by atoms with Crippen LogP contribution in [0, 0.1) is 23.7 Å². The lowest BCUT2D eigenvalue weighted by Crippen LogP contribution is -2.46. The number of rotatable bonds is 3. The lowest BCUT2D eigenvalue weighted by atomic mass is 10.1. The molecule has 0 aromatic rings. The quantitative estimate of drug-likeness (QED) is 0.365. The Balaban J connectivity index is 1.72. The standard InChI is InChI=1S/C17H25ClSi/c1-11(2)19(18,16-12-3-4-13(16)6-5-12)17-14-7-8-15(17)10-9-14/h3-4,7-8,11-17H,5-6,9-10H2,1-2H3. The first-order chi connectivity index (χ1) is 9.12. The molecule has 0 aromatic heterocycles. The molecule has 19 heavy (non-hydrogen) atoms. The van der Waals surface area contributed by atoms with Crippen molar-refractivity contribution in [3.8, 4) is 0 Å². The van der Waals surface area contributed by atoms with Crippen LogP contribution in [0.2, 0.25) is 16.6 Å². The predicted octanol–water partition coefficient (Wildman–Crippen LogP) is 5.51. The Morgan fingerprint density at radius 3 is 1.32 bits per heavy atom. The lowest BCUT2D eigenvalue weighted by molar-refractivity contribution is 0.582. The summed E-state index contributed by atoms with van der Waals surface area (Å²) < 4.78 is 0. The van der Waals surface area contributed by atoms with Crippen molar-refractivity contribution in [3.05, 3.63) is 24.3 Å². The molecule has 2 fully saturated rings. The van der Waals surface area contributed by atoms with Crippen LogP contribution in [0.25, 0.3) is 0 Å². The van der Waals surface area contributed by atoms with Crippen LogP contribution >= 0.6 is 11.1 Å². The van der Waals surface area contributed by atoms with E-state index in [0.717, 1.165) is 40.3 Å². The fraction of sp³-hybridized carbons (Fsp3) is 0.765. The topological polar surface area (TPSA) is 0 Å². The Bertz CT molecular complexity index is 377. The third-order valence-corrected chi connectivity index (χ3v) is 15.0. The number of hydrogen-bond acceptors (Lipinski definition) is 0. The van der Waals surface area contributed by atoms with Crippen molar-refractivity contribution in [2.24, 2.45) is 23.7 Å². The van der Waals surface area contributed by atoms with Gasteiger partial charge in [0.1, 0.15) is 0 Å². The largest absolute Gasteiger partial charge is 0.167 e. The summed E-state index contributed by atoms with van der Waals surface area (Å²) in [6.45, 7) is 4.85. The highest BCUT2D eigenvalue weighted by atomic mass is 35.6. The Morgan fingerprint density at radius 1 is 0.789 bits per heavy atom. The third kappa shape index (κ3) is 1.58. The molecule has 2 heteroatoms. The van der Waals surface area contributed by atoms with E-state index in [2.05, 4.69) is 38.2 Å². The molecule has 0 heterocycles. The maximum atomic E-state index is 7.61. The van der Waals surface area contributed by atoms with Crippen LogP contribution in [0.15, 0.2) is 24.3 Å². The van der Waals surface area contributed by atoms with Gasteiger partial charge in [0, 0.05) is 0 Å². The van der Waals surface area contributed by atoms with E-state index < -0.39 is 7.38 Å². The molecule has 0 aromatic carbocycles. The summed E-state index contributed by atoms with van der Waals surface area (Å²) in [7, 11) is -1.74. The van der Waals surface area contributed by atoms with Gasteiger partial charge in [0.25, 0.3) is 0 Å². The van der Waals surface area contributed by atoms with Crippen LogP contribution in [0.4, 0.5) is 0 Å². The molecule has 0 aliphatic heterocycles. The molecule has 0 amide bonds. The van der Waals surface area contributed by atoms with E-state index in [1.165, 1.54) is 25.7 Å². The number of allylic oxidation sites excluding steroid dienone is 4. The molecule has 4 aliphatic rings. The number of fused-ring (bicyclic) bond motifs is 4. The molecule has 0 nitrogen and oxygen atoms in total. The van der Waals surface area contributed by atoms with Gasteiger partial charge >= 0.3 is 0 Å². The first kappa shape index (κ1) is 12.7. The Morgan fingerprint density at radius 2 is 1.11 bits per heavy atom. The first-order valence-corrected chi connectivity index (χ1v) is 11.4. The van der Waals surface area contributed by atoms with Gasteiger partial charge in [-0.05, 0) is 66.0 Å². The van der Waals surface area contributed by atoms with Crippen molar-refractivity contribution in [1.82, 2.24) is 0 Å². The van der Waals surface area contributed by atoms with Gasteiger partial charge in [0.2, 0.25) is 0 Å². The molecule has 0 radical (unpaired) electrons. The number of hydrogen-bond donors (Lipinski definition) is 0. The molecule has 0 N–H and O–H groups in total. The zero-order valence-electron chi connectivity index (χ0n) is 12.1. The zero-order chi connectivity index (χ0) is 13.2.